The average Bonchev–Trinajstić information content (AvgIpc) is 3.19. The number of hydrogen-bond donors (Lipinski definition) is 1. The SMILES string of the molecule is CCN(c1nc2ccccn2c1CNC1CC1)C(C)C. The highest BCUT2D eigenvalue weighted by molar-refractivity contribution is 5.56. The minimum atomic E-state index is 0.463. The fourth-order valence-corrected chi connectivity index (χ4v) is 2.72. The van der Waals surface area contributed by atoms with Crippen molar-refractivity contribution in [3.63, 3.8) is 0 Å². The number of aromatic nitrogens is 2. The highest BCUT2D eigenvalue weighted by atomic mass is 15.2. The van der Waals surface area contributed by atoms with Crippen molar-refractivity contribution in [3.8, 4) is 0 Å². The summed E-state index contributed by atoms with van der Waals surface area (Å²) in [5.74, 6) is 1.13. The summed E-state index contributed by atoms with van der Waals surface area (Å²) >= 11 is 0. The first-order valence-electron chi connectivity index (χ1n) is 7.66. The topological polar surface area (TPSA) is 32.6 Å². The number of pyridine rings is 1. The van der Waals surface area contributed by atoms with Gasteiger partial charge in [0.1, 0.15) is 5.65 Å². The number of anilines is 1. The quantitative estimate of drug-likeness (QED) is 0.877. The number of nitrogens with zero attached hydrogens (tertiary/aromatic N) is 3. The maximum Gasteiger partial charge on any atom is 0.152 e. The summed E-state index contributed by atoms with van der Waals surface area (Å²) in [6, 6.07) is 7.38. The molecule has 1 fully saturated rings. The second-order valence-electron chi connectivity index (χ2n) is 5.85. The molecule has 2 aromatic rings. The normalized spacial score (nSPS) is 15.2. The van der Waals surface area contributed by atoms with Gasteiger partial charge in [0.05, 0.1) is 5.69 Å². The molecule has 0 atom stereocenters. The third-order valence-corrected chi connectivity index (χ3v) is 3.98. The van der Waals surface area contributed by atoms with Crippen molar-refractivity contribution in [2.45, 2.75) is 52.2 Å². The van der Waals surface area contributed by atoms with E-state index in [1.807, 2.05) is 0 Å². The van der Waals surface area contributed by atoms with Gasteiger partial charge in [-0.15, -0.1) is 0 Å². The molecule has 108 valence electrons. The lowest BCUT2D eigenvalue weighted by Gasteiger charge is -2.26. The molecule has 4 heteroatoms. The van der Waals surface area contributed by atoms with E-state index in [-0.39, 0.29) is 0 Å². The van der Waals surface area contributed by atoms with Crippen LogP contribution in [-0.4, -0.2) is 28.0 Å². The zero-order valence-corrected chi connectivity index (χ0v) is 12.6. The van der Waals surface area contributed by atoms with Crippen LogP contribution in [0.2, 0.25) is 0 Å². The molecule has 0 aromatic carbocycles. The van der Waals surface area contributed by atoms with Gasteiger partial charge in [0, 0.05) is 31.4 Å². The van der Waals surface area contributed by atoms with Crippen LogP contribution >= 0.6 is 0 Å². The molecule has 4 nitrogen and oxygen atoms in total. The maximum atomic E-state index is 4.85. The molecule has 0 radical (unpaired) electrons. The number of nitrogens with one attached hydrogen (secondary N) is 1. The smallest absolute Gasteiger partial charge is 0.152 e. The first-order chi connectivity index (χ1) is 9.70. The van der Waals surface area contributed by atoms with Gasteiger partial charge in [-0.1, -0.05) is 6.07 Å². The summed E-state index contributed by atoms with van der Waals surface area (Å²) < 4.78 is 2.22. The summed E-state index contributed by atoms with van der Waals surface area (Å²) in [7, 11) is 0. The van der Waals surface area contributed by atoms with Crippen molar-refractivity contribution in [1.29, 1.82) is 0 Å². The van der Waals surface area contributed by atoms with Gasteiger partial charge in [-0.2, -0.15) is 0 Å². The third kappa shape index (κ3) is 2.52. The van der Waals surface area contributed by atoms with Crippen LogP contribution < -0.4 is 10.2 Å². The summed E-state index contributed by atoms with van der Waals surface area (Å²) in [4.78, 5) is 7.22. The molecule has 1 aliphatic carbocycles. The van der Waals surface area contributed by atoms with Crippen LogP contribution in [0.4, 0.5) is 5.82 Å². The first kappa shape index (κ1) is 13.4. The fourth-order valence-electron chi connectivity index (χ4n) is 2.72. The molecule has 3 rings (SSSR count). The monoisotopic (exact) mass is 272 g/mol. The van der Waals surface area contributed by atoms with Gasteiger partial charge in [-0.05, 0) is 45.7 Å². The van der Waals surface area contributed by atoms with Crippen LogP contribution in [0.3, 0.4) is 0 Å². The highest BCUT2D eigenvalue weighted by Gasteiger charge is 2.23. The highest BCUT2D eigenvalue weighted by Crippen LogP contribution is 2.25. The van der Waals surface area contributed by atoms with E-state index in [1.165, 1.54) is 18.5 Å². The summed E-state index contributed by atoms with van der Waals surface area (Å²) in [5, 5.41) is 3.62. The molecule has 0 unspecified atom stereocenters. The van der Waals surface area contributed by atoms with E-state index in [1.54, 1.807) is 0 Å². The Balaban J connectivity index is 2.00. The summed E-state index contributed by atoms with van der Waals surface area (Å²) in [5.41, 5.74) is 2.32. The van der Waals surface area contributed by atoms with Crippen molar-refractivity contribution in [3.05, 3.63) is 30.1 Å². The van der Waals surface area contributed by atoms with E-state index < -0.39 is 0 Å². The lowest BCUT2D eigenvalue weighted by atomic mass is 10.3. The molecule has 0 spiro atoms. The van der Waals surface area contributed by atoms with Gasteiger partial charge in [-0.25, -0.2) is 4.98 Å². The molecular formula is C16H24N4. The minimum Gasteiger partial charge on any atom is -0.353 e. The molecule has 0 amide bonds. The predicted molar refractivity (Wildman–Crippen MR) is 83.2 cm³/mol. The first-order valence-corrected chi connectivity index (χ1v) is 7.66. The van der Waals surface area contributed by atoms with Crippen molar-refractivity contribution < 1.29 is 0 Å². The van der Waals surface area contributed by atoms with Gasteiger partial charge < -0.3 is 14.6 Å². The summed E-state index contributed by atoms with van der Waals surface area (Å²) in [6.45, 7) is 8.53. The van der Waals surface area contributed by atoms with Crippen molar-refractivity contribution in [2.75, 3.05) is 11.4 Å². The van der Waals surface area contributed by atoms with E-state index in [2.05, 4.69) is 59.8 Å². The van der Waals surface area contributed by atoms with E-state index in [0.29, 0.717) is 12.1 Å². The zero-order valence-electron chi connectivity index (χ0n) is 12.6. The molecule has 1 aliphatic rings. The second kappa shape index (κ2) is 5.44. The number of imidazole rings is 1. The largest absolute Gasteiger partial charge is 0.353 e. The third-order valence-electron chi connectivity index (χ3n) is 3.98. The summed E-state index contributed by atoms with van der Waals surface area (Å²) in [6.07, 6.45) is 4.74. The van der Waals surface area contributed by atoms with E-state index in [9.17, 15) is 0 Å². The van der Waals surface area contributed by atoms with Gasteiger partial charge in [0.15, 0.2) is 5.82 Å². The molecule has 1 saturated carbocycles. The Morgan fingerprint density at radius 3 is 2.85 bits per heavy atom. The predicted octanol–water partition coefficient (Wildman–Crippen LogP) is 2.82. The van der Waals surface area contributed by atoms with Gasteiger partial charge in [-0.3, -0.25) is 0 Å². The maximum absolute atomic E-state index is 4.85. The lowest BCUT2D eigenvalue weighted by Crippen LogP contribution is -2.32. The molecule has 0 aliphatic heterocycles. The van der Waals surface area contributed by atoms with Crippen LogP contribution in [0.25, 0.3) is 5.65 Å². The van der Waals surface area contributed by atoms with Crippen LogP contribution in [0.5, 0.6) is 0 Å². The van der Waals surface area contributed by atoms with Crippen LogP contribution in [0.1, 0.15) is 39.3 Å². The Morgan fingerprint density at radius 1 is 1.40 bits per heavy atom. The number of fused-ring (bicyclic) bond motifs is 1. The number of rotatable bonds is 6. The molecule has 2 aromatic heterocycles. The molecule has 1 N–H and O–H groups in total. The van der Waals surface area contributed by atoms with Gasteiger partial charge >= 0.3 is 0 Å². The minimum absolute atomic E-state index is 0.463. The molecule has 0 bridgehead atoms. The molecular weight excluding hydrogens is 248 g/mol. The lowest BCUT2D eigenvalue weighted by molar-refractivity contribution is 0.651. The molecule has 0 saturated heterocycles. The second-order valence-corrected chi connectivity index (χ2v) is 5.85. The van der Waals surface area contributed by atoms with Crippen molar-refractivity contribution >= 4 is 11.5 Å². The van der Waals surface area contributed by atoms with E-state index in [4.69, 9.17) is 4.98 Å². The Bertz CT molecular complexity index is 583. The van der Waals surface area contributed by atoms with Crippen LogP contribution in [-0.2, 0) is 6.54 Å². The Kier molecular flexibility index (Phi) is 3.66. The fraction of sp³-hybridized carbons (Fsp3) is 0.562. The Hall–Kier alpha value is -1.55. The van der Waals surface area contributed by atoms with E-state index in [0.717, 1.165) is 24.6 Å². The van der Waals surface area contributed by atoms with Crippen molar-refractivity contribution in [1.82, 2.24) is 14.7 Å². The zero-order chi connectivity index (χ0) is 14.1. The van der Waals surface area contributed by atoms with E-state index >= 15 is 0 Å². The van der Waals surface area contributed by atoms with Crippen LogP contribution in [0.15, 0.2) is 24.4 Å². The van der Waals surface area contributed by atoms with Gasteiger partial charge in [0.25, 0.3) is 0 Å². The van der Waals surface area contributed by atoms with Crippen molar-refractivity contribution in [2.24, 2.45) is 0 Å². The van der Waals surface area contributed by atoms with Crippen LogP contribution in [0, 0.1) is 0 Å². The average molecular weight is 272 g/mol. The number of hydrogen-bond acceptors (Lipinski definition) is 3. The molecule has 20 heavy (non-hydrogen) atoms. The Morgan fingerprint density at radius 2 is 2.20 bits per heavy atom. The Labute approximate surface area is 120 Å². The standard InChI is InChI=1S/C16H24N4/c1-4-19(12(2)3)16-14(11-17-13-8-9-13)20-10-6-5-7-15(20)18-16/h5-7,10,12-13,17H,4,8-9,11H2,1-3H3. The van der Waals surface area contributed by atoms with Gasteiger partial charge in [0.2, 0.25) is 0 Å². The molecule has 2 heterocycles.